The second-order valence-electron chi connectivity index (χ2n) is 10.6. The summed E-state index contributed by atoms with van der Waals surface area (Å²) in [5, 5.41) is 6.00. The smallest absolute Gasteiger partial charge is 0.225 e. The molecule has 0 spiro atoms. The van der Waals surface area contributed by atoms with Gasteiger partial charge in [0.2, 0.25) is 17.7 Å². The summed E-state index contributed by atoms with van der Waals surface area (Å²) in [5.41, 5.74) is 0. The van der Waals surface area contributed by atoms with Crippen LogP contribution >= 0.6 is 0 Å². The fourth-order valence-corrected chi connectivity index (χ4v) is 5.58. The van der Waals surface area contributed by atoms with Gasteiger partial charge in [0, 0.05) is 58.0 Å². The molecule has 3 amide bonds. The summed E-state index contributed by atoms with van der Waals surface area (Å²) < 4.78 is 11.9. The second kappa shape index (κ2) is 14.7. The van der Waals surface area contributed by atoms with Gasteiger partial charge in [-0.2, -0.15) is 0 Å². The van der Waals surface area contributed by atoms with E-state index in [1.807, 2.05) is 6.92 Å². The van der Waals surface area contributed by atoms with E-state index in [1.54, 1.807) is 11.9 Å². The summed E-state index contributed by atoms with van der Waals surface area (Å²) in [6.45, 7) is 3.94. The van der Waals surface area contributed by atoms with Crippen molar-refractivity contribution < 1.29 is 28.7 Å². The van der Waals surface area contributed by atoms with Crippen LogP contribution in [-0.2, 0) is 28.7 Å². The first kappa shape index (κ1) is 28.6. The molecule has 0 aromatic heterocycles. The number of hydrogen-bond acceptors (Lipinski definition) is 6. The van der Waals surface area contributed by atoms with Gasteiger partial charge in [-0.25, -0.2) is 0 Å². The van der Waals surface area contributed by atoms with Crippen LogP contribution in [0, 0.1) is 11.8 Å². The van der Waals surface area contributed by atoms with E-state index in [9.17, 15) is 19.2 Å². The molecule has 3 aliphatic rings. The van der Waals surface area contributed by atoms with E-state index in [1.165, 1.54) is 0 Å². The van der Waals surface area contributed by atoms with Crippen molar-refractivity contribution in [1.82, 2.24) is 15.5 Å². The Morgan fingerprint density at radius 2 is 1.56 bits per heavy atom. The van der Waals surface area contributed by atoms with Crippen molar-refractivity contribution in [3.8, 4) is 0 Å². The van der Waals surface area contributed by atoms with Crippen molar-refractivity contribution in [2.24, 2.45) is 11.8 Å². The summed E-state index contributed by atoms with van der Waals surface area (Å²) >= 11 is 0. The van der Waals surface area contributed by atoms with Crippen LogP contribution in [0.2, 0.25) is 0 Å². The molecule has 0 radical (unpaired) electrons. The Morgan fingerprint density at radius 1 is 0.917 bits per heavy atom. The van der Waals surface area contributed by atoms with Crippen molar-refractivity contribution in [2.45, 2.75) is 102 Å². The van der Waals surface area contributed by atoms with E-state index >= 15 is 0 Å². The Bertz CT molecular complexity index is 744. The molecule has 2 N–H and O–H groups in total. The van der Waals surface area contributed by atoms with Crippen molar-refractivity contribution in [3.63, 3.8) is 0 Å². The molecule has 1 atom stereocenters. The molecule has 1 unspecified atom stereocenters. The van der Waals surface area contributed by atoms with E-state index < -0.39 is 0 Å². The van der Waals surface area contributed by atoms with Crippen LogP contribution in [0.5, 0.6) is 0 Å². The predicted octanol–water partition coefficient (Wildman–Crippen LogP) is 2.36. The van der Waals surface area contributed by atoms with Crippen LogP contribution in [0.3, 0.4) is 0 Å². The lowest BCUT2D eigenvalue weighted by molar-refractivity contribution is -0.128. The van der Waals surface area contributed by atoms with Gasteiger partial charge in [0.15, 0.2) is 0 Å². The first-order chi connectivity index (χ1) is 17.4. The molecule has 0 aromatic carbocycles. The SMILES string of the molecule is CCC(=O)C1CCC(NC(=O)CCCOC2CCC(OCCNC(=O)C3CC(=O)N(C)C3)CC2)CC1. The van der Waals surface area contributed by atoms with E-state index in [0.717, 1.165) is 51.4 Å². The highest BCUT2D eigenvalue weighted by molar-refractivity contribution is 5.89. The van der Waals surface area contributed by atoms with Crippen molar-refractivity contribution in [2.75, 3.05) is 33.4 Å². The lowest BCUT2D eigenvalue weighted by Crippen LogP contribution is -2.38. The molecule has 2 saturated carbocycles. The third kappa shape index (κ3) is 9.14. The molecule has 0 bridgehead atoms. The van der Waals surface area contributed by atoms with Crippen molar-refractivity contribution >= 4 is 23.5 Å². The van der Waals surface area contributed by atoms with Gasteiger partial charge in [-0.15, -0.1) is 0 Å². The van der Waals surface area contributed by atoms with Crippen molar-refractivity contribution in [3.05, 3.63) is 0 Å². The molecule has 9 heteroatoms. The minimum atomic E-state index is -0.251. The summed E-state index contributed by atoms with van der Waals surface area (Å²) in [7, 11) is 1.72. The van der Waals surface area contributed by atoms with Crippen LogP contribution in [0.4, 0.5) is 0 Å². The number of nitrogens with zero attached hydrogens (tertiary/aromatic N) is 1. The van der Waals surface area contributed by atoms with Gasteiger partial charge in [-0.3, -0.25) is 19.2 Å². The Balaban J connectivity index is 1.16. The number of ketones is 1. The molecule has 3 fully saturated rings. The first-order valence-corrected chi connectivity index (χ1v) is 13.9. The fourth-order valence-electron chi connectivity index (χ4n) is 5.58. The largest absolute Gasteiger partial charge is 0.378 e. The van der Waals surface area contributed by atoms with E-state index in [2.05, 4.69) is 10.6 Å². The Labute approximate surface area is 215 Å². The highest BCUT2D eigenvalue weighted by Crippen LogP contribution is 2.26. The Hall–Kier alpha value is -2.00. The number of Topliss-reactive ketones (excluding diaryl/α,β-unsaturated/α-hetero) is 1. The predicted molar refractivity (Wildman–Crippen MR) is 135 cm³/mol. The summed E-state index contributed by atoms with van der Waals surface area (Å²) in [4.78, 5) is 49.4. The highest BCUT2D eigenvalue weighted by Gasteiger charge is 2.32. The van der Waals surface area contributed by atoms with E-state index in [4.69, 9.17) is 9.47 Å². The average Bonchev–Trinajstić information content (AvgIpc) is 3.23. The zero-order chi connectivity index (χ0) is 25.9. The number of carbonyl (C=O) groups is 4. The molecule has 9 nitrogen and oxygen atoms in total. The third-order valence-electron chi connectivity index (χ3n) is 7.89. The van der Waals surface area contributed by atoms with Crippen LogP contribution in [0.1, 0.15) is 84.0 Å². The maximum atomic E-state index is 12.3. The second-order valence-corrected chi connectivity index (χ2v) is 10.6. The van der Waals surface area contributed by atoms with Gasteiger partial charge in [-0.1, -0.05) is 6.92 Å². The van der Waals surface area contributed by atoms with Crippen LogP contribution in [0.25, 0.3) is 0 Å². The lowest BCUT2D eigenvalue weighted by Gasteiger charge is -2.29. The summed E-state index contributed by atoms with van der Waals surface area (Å²) in [6.07, 6.45) is 9.84. The molecule has 3 rings (SSSR count). The van der Waals surface area contributed by atoms with Crippen LogP contribution < -0.4 is 10.6 Å². The fraction of sp³-hybridized carbons (Fsp3) is 0.852. The quantitative estimate of drug-likeness (QED) is 0.370. The average molecular weight is 508 g/mol. The van der Waals surface area contributed by atoms with E-state index in [-0.39, 0.29) is 47.8 Å². The Kier molecular flexibility index (Phi) is 11.6. The number of rotatable bonds is 13. The molecule has 1 aliphatic heterocycles. The number of carbonyl (C=O) groups excluding carboxylic acids is 4. The number of amides is 3. The number of ether oxygens (including phenoxy) is 2. The lowest BCUT2D eigenvalue weighted by atomic mass is 9.83. The van der Waals surface area contributed by atoms with Gasteiger partial charge < -0.3 is 25.0 Å². The molecular weight excluding hydrogens is 462 g/mol. The monoisotopic (exact) mass is 507 g/mol. The highest BCUT2D eigenvalue weighted by atomic mass is 16.5. The molecule has 2 aliphatic carbocycles. The van der Waals surface area contributed by atoms with Gasteiger partial charge in [0.1, 0.15) is 5.78 Å². The zero-order valence-corrected chi connectivity index (χ0v) is 22.1. The van der Waals surface area contributed by atoms with Gasteiger partial charge in [-0.05, 0) is 57.8 Å². The van der Waals surface area contributed by atoms with Gasteiger partial charge in [0.25, 0.3) is 0 Å². The van der Waals surface area contributed by atoms with Gasteiger partial charge >= 0.3 is 0 Å². The van der Waals surface area contributed by atoms with Crippen LogP contribution in [-0.4, -0.2) is 80.0 Å². The number of nitrogens with one attached hydrogen (secondary N) is 2. The first-order valence-electron chi connectivity index (χ1n) is 13.9. The van der Waals surface area contributed by atoms with Crippen LogP contribution in [0.15, 0.2) is 0 Å². The maximum absolute atomic E-state index is 12.3. The molecule has 1 saturated heterocycles. The molecule has 1 heterocycles. The topological polar surface area (TPSA) is 114 Å². The minimum Gasteiger partial charge on any atom is -0.378 e. The molecule has 36 heavy (non-hydrogen) atoms. The standard InChI is InChI=1S/C27H45N3O6/c1-3-24(31)19-6-8-21(9-7-19)29-25(32)5-4-15-35-22-10-12-23(13-11-22)36-16-14-28-27(34)20-17-26(33)30(2)18-20/h19-23H,3-18H2,1-2H3,(H,28,34)(H,29,32). The molecule has 0 aromatic rings. The minimum absolute atomic E-state index is 0.0215. The third-order valence-corrected chi connectivity index (χ3v) is 7.89. The Morgan fingerprint density at radius 3 is 2.14 bits per heavy atom. The normalized spacial score (nSPS) is 28.7. The summed E-state index contributed by atoms with van der Waals surface area (Å²) in [6, 6.07) is 0.205. The van der Waals surface area contributed by atoms with E-state index in [0.29, 0.717) is 57.8 Å². The molecule has 204 valence electrons. The zero-order valence-electron chi connectivity index (χ0n) is 22.1. The summed E-state index contributed by atoms with van der Waals surface area (Å²) in [5.74, 6) is 0.327. The molecular formula is C27H45N3O6. The maximum Gasteiger partial charge on any atom is 0.225 e. The number of hydrogen-bond donors (Lipinski definition) is 2. The number of likely N-dealkylation sites (tertiary alicyclic amines) is 1. The van der Waals surface area contributed by atoms with Crippen molar-refractivity contribution in [1.29, 1.82) is 0 Å². The van der Waals surface area contributed by atoms with Gasteiger partial charge in [0.05, 0.1) is 24.7 Å².